The second-order valence-corrected chi connectivity index (χ2v) is 8.20. The van der Waals surface area contributed by atoms with Gasteiger partial charge in [0.2, 0.25) is 0 Å². The highest BCUT2D eigenvalue weighted by molar-refractivity contribution is 7.14. The van der Waals surface area contributed by atoms with Crippen LogP contribution in [0.1, 0.15) is 37.8 Å². The van der Waals surface area contributed by atoms with Crippen LogP contribution in [0.2, 0.25) is 0 Å². The summed E-state index contributed by atoms with van der Waals surface area (Å²) in [6.07, 6.45) is 0. The number of hydrogen-bond acceptors (Lipinski definition) is 1. The van der Waals surface area contributed by atoms with E-state index < -0.39 is 0 Å². The van der Waals surface area contributed by atoms with Crippen LogP contribution in [-0.4, -0.2) is 0 Å². The molecule has 116 valence electrons. The van der Waals surface area contributed by atoms with E-state index in [2.05, 4.69) is 56.5 Å². The molecule has 0 bridgehead atoms. The van der Waals surface area contributed by atoms with Crippen LogP contribution >= 0.6 is 11.3 Å². The molecule has 1 aromatic heterocycles. The van der Waals surface area contributed by atoms with Crippen LogP contribution < -0.4 is 0 Å². The summed E-state index contributed by atoms with van der Waals surface area (Å²) in [5.41, 5.74) is 6.10. The minimum Gasteiger partial charge on any atom is -0.207 e. The molecular formula is C21H19FS. The first kappa shape index (κ1) is 14.6. The Labute approximate surface area is 140 Å². The third kappa shape index (κ3) is 2.24. The van der Waals surface area contributed by atoms with Crippen LogP contribution in [0.3, 0.4) is 0 Å². The monoisotopic (exact) mass is 322 g/mol. The first-order valence-corrected chi connectivity index (χ1v) is 8.81. The zero-order chi connectivity index (χ0) is 16.2. The van der Waals surface area contributed by atoms with Crippen LogP contribution in [0.15, 0.2) is 53.9 Å². The molecule has 0 aliphatic heterocycles. The van der Waals surface area contributed by atoms with Crippen molar-refractivity contribution in [2.75, 3.05) is 0 Å². The minimum atomic E-state index is -0.167. The molecule has 0 fully saturated rings. The molecule has 0 spiro atoms. The van der Waals surface area contributed by atoms with Crippen molar-refractivity contribution >= 4 is 11.3 Å². The maximum absolute atomic E-state index is 14.0. The van der Waals surface area contributed by atoms with E-state index in [0.717, 1.165) is 11.1 Å². The molecule has 1 aliphatic carbocycles. The topological polar surface area (TPSA) is 0 Å². The molecule has 1 unspecified atom stereocenters. The van der Waals surface area contributed by atoms with Gasteiger partial charge in [-0.05, 0) is 51.2 Å². The normalized spacial score (nSPS) is 16.3. The molecule has 1 atom stereocenters. The second kappa shape index (κ2) is 5.04. The Morgan fingerprint density at radius 3 is 2.39 bits per heavy atom. The second-order valence-electron chi connectivity index (χ2n) is 7.28. The Morgan fingerprint density at radius 2 is 1.61 bits per heavy atom. The Hall–Kier alpha value is -1.93. The largest absolute Gasteiger partial charge is 0.207 e. The number of benzene rings is 2. The van der Waals surface area contributed by atoms with Gasteiger partial charge in [0.05, 0.1) is 0 Å². The van der Waals surface area contributed by atoms with Crippen molar-refractivity contribution in [2.45, 2.75) is 26.7 Å². The third-order valence-corrected chi connectivity index (χ3v) is 5.61. The summed E-state index contributed by atoms with van der Waals surface area (Å²) in [7, 11) is 0. The molecule has 4 rings (SSSR count). The third-order valence-electron chi connectivity index (χ3n) is 4.66. The molecular weight excluding hydrogens is 303 g/mol. The van der Waals surface area contributed by atoms with E-state index in [-0.39, 0.29) is 17.2 Å². The van der Waals surface area contributed by atoms with Gasteiger partial charge in [0.15, 0.2) is 0 Å². The standard InChI is InChI=1S/C21H19FS/c1-21(2,3)19-14-6-4-5-7-16(14)20-17(10-11-23-20)18-12-13(22)8-9-15(18)19/h4-12,19H,1-3H3. The van der Waals surface area contributed by atoms with E-state index in [1.165, 1.54) is 21.6 Å². The maximum atomic E-state index is 14.0. The number of halogens is 1. The Bertz CT molecular complexity index is 883. The number of thiophene rings is 1. The summed E-state index contributed by atoms with van der Waals surface area (Å²) in [5, 5.41) is 2.10. The van der Waals surface area contributed by atoms with Crippen molar-refractivity contribution < 1.29 is 4.39 Å². The molecule has 23 heavy (non-hydrogen) atoms. The maximum Gasteiger partial charge on any atom is 0.123 e. The molecule has 0 nitrogen and oxygen atoms in total. The highest BCUT2D eigenvalue weighted by atomic mass is 32.1. The molecule has 2 aromatic carbocycles. The fraction of sp³-hybridized carbons (Fsp3) is 0.238. The van der Waals surface area contributed by atoms with E-state index in [0.29, 0.717) is 0 Å². The summed E-state index contributed by atoms with van der Waals surface area (Å²) in [5.74, 6) is 0.0772. The summed E-state index contributed by atoms with van der Waals surface area (Å²) >= 11 is 1.74. The predicted molar refractivity (Wildman–Crippen MR) is 96.4 cm³/mol. The zero-order valence-corrected chi connectivity index (χ0v) is 14.4. The van der Waals surface area contributed by atoms with Crippen molar-refractivity contribution in [3.05, 3.63) is 70.9 Å². The van der Waals surface area contributed by atoms with E-state index in [1.807, 2.05) is 6.07 Å². The van der Waals surface area contributed by atoms with Crippen LogP contribution in [0.4, 0.5) is 4.39 Å². The molecule has 2 heteroatoms. The van der Waals surface area contributed by atoms with E-state index in [1.54, 1.807) is 23.5 Å². The van der Waals surface area contributed by atoms with Crippen LogP contribution in [0.25, 0.3) is 21.6 Å². The zero-order valence-electron chi connectivity index (χ0n) is 13.6. The Balaban J connectivity index is 2.15. The van der Waals surface area contributed by atoms with Gasteiger partial charge in [0, 0.05) is 16.4 Å². The lowest BCUT2D eigenvalue weighted by Gasteiger charge is -2.33. The summed E-state index contributed by atoms with van der Waals surface area (Å²) in [6.45, 7) is 6.79. The number of rotatable bonds is 0. The van der Waals surface area contributed by atoms with Gasteiger partial charge in [-0.15, -0.1) is 11.3 Å². The first-order chi connectivity index (χ1) is 11.0. The average Bonchev–Trinajstić information content (AvgIpc) is 2.93. The summed E-state index contributed by atoms with van der Waals surface area (Å²) in [4.78, 5) is 1.25. The molecule has 0 saturated carbocycles. The number of fused-ring (bicyclic) bond motifs is 5. The molecule has 3 aromatic rings. The fourth-order valence-corrected chi connectivity index (χ4v) is 4.76. The minimum absolute atomic E-state index is 0.0524. The molecule has 0 amide bonds. The SMILES string of the molecule is CC(C)(C)C1c2ccc(F)cc2-c2ccsc2-c2ccccc21. The van der Waals surface area contributed by atoms with E-state index in [9.17, 15) is 4.39 Å². The van der Waals surface area contributed by atoms with Gasteiger partial charge < -0.3 is 0 Å². The van der Waals surface area contributed by atoms with Crippen molar-refractivity contribution in [3.8, 4) is 21.6 Å². The number of hydrogen-bond donors (Lipinski definition) is 0. The van der Waals surface area contributed by atoms with Crippen LogP contribution in [0, 0.1) is 11.2 Å². The van der Waals surface area contributed by atoms with Gasteiger partial charge in [0.25, 0.3) is 0 Å². The van der Waals surface area contributed by atoms with Gasteiger partial charge in [-0.2, -0.15) is 0 Å². The predicted octanol–water partition coefficient (Wildman–Crippen LogP) is 6.71. The molecule has 1 aliphatic rings. The highest BCUT2D eigenvalue weighted by Crippen LogP contribution is 2.53. The molecule has 0 radical (unpaired) electrons. The van der Waals surface area contributed by atoms with Crippen molar-refractivity contribution in [1.29, 1.82) is 0 Å². The van der Waals surface area contributed by atoms with Crippen molar-refractivity contribution in [3.63, 3.8) is 0 Å². The van der Waals surface area contributed by atoms with Gasteiger partial charge in [-0.3, -0.25) is 0 Å². The molecule has 0 N–H and O–H groups in total. The first-order valence-electron chi connectivity index (χ1n) is 7.93. The van der Waals surface area contributed by atoms with E-state index >= 15 is 0 Å². The van der Waals surface area contributed by atoms with Crippen molar-refractivity contribution in [2.24, 2.45) is 5.41 Å². The van der Waals surface area contributed by atoms with Crippen molar-refractivity contribution in [1.82, 2.24) is 0 Å². The highest BCUT2D eigenvalue weighted by Gasteiger charge is 2.35. The molecule has 1 heterocycles. The smallest absolute Gasteiger partial charge is 0.123 e. The summed E-state index contributed by atoms with van der Waals surface area (Å²) in [6, 6.07) is 16.0. The quantitative estimate of drug-likeness (QED) is 0.431. The van der Waals surface area contributed by atoms with E-state index in [4.69, 9.17) is 0 Å². The van der Waals surface area contributed by atoms with Gasteiger partial charge >= 0.3 is 0 Å². The fourth-order valence-electron chi connectivity index (χ4n) is 3.80. The summed E-state index contributed by atoms with van der Waals surface area (Å²) < 4.78 is 14.0. The van der Waals surface area contributed by atoms with Crippen LogP contribution in [0.5, 0.6) is 0 Å². The Kier molecular flexibility index (Phi) is 3.21. The average molecular weight is 322 g/mol. The Morgan fingerprint density at radius 1 is 0.870 bits per heavy atom. The lowest BCUT2D eigenvalue weighted by Crippen LogP contribution is -2.20. The van der Waals surface area contributed by atoms with Gasteiger partial charge in [-0.25, -0.2) is 4.39 Å². The van der Waals surface area contributed by atoms with Gasteiger partial charge in [-0.1, -0.05) is 51.1 Å². The lowest BCUT2D eigenvalue weighted by molar-refractivity contribution is 0.360. The molecule has 0 saturated heterocycles. The lowest BCUT2D eigenvalue weighted by atomic mass is 9.71. The van der Waals surface area contributed by atoms with Gasteiger partial charge in [0.1, 0.15) is 5.82 Å². The van der Waals surface area contributed by atoms with Crippen LogP contribution in [-0.2, 0) is 0 Å².